The highest BCUT2D eigenvalue weighted by atomic mass is 35.5. The maximum Gasteiger partial charge on any atom is 0.418 e. The maximum atomic E-state index is 13.0. The molecule has 0 spiro atoms. The lowest BCUT2D eigenvalue weighted by molar-refractivity contribution is -0.384. The number of piperazine rings is 1. The molecule has 1 fully saturated rings. The van der Waals surface area contributed by atoms with Gasteiger partial charge in [0.25, 0.3) is 5.69 Å². The lowest BCUT2D eigenvalue weighted by atomic mass is 10.1. The highest BCUT2D eigenvalue weighted by Gasteiger charge is 2.37. The largest absolute Gasteiger partial charge is 0.418 e. The van der Waals surface area contributed by atoms with E-state index in [1.54, 1.807) is 23.2 Å². The predicted molar refractivity (Wildman–Crippen MR) is 96.5 cm³/mol. The zero-order chi connectivity index (χ0) is 20.5. The van der Waals surface area contributed by atoms with Gasteiger partial charge in [0.15, 0.2) is 0 Å². The Morgan fingerprint density at radius 2 is 1.86 bits per heavy atom. The first kappa shape index (κ1) is 19.7. The molecule has 1 aliphatic rings. The molecule has 0 amide bonds. The van der Waals surface area contributed by atoms with Crippen LogP contribution in [0.3, 0.4) is 0 Å². The van der Waals surface area contributed by atoms with Crippen molar-refractivity contribution in [1.82, 2.24) is 4.98 Å². The van der Waals surface area contributed by atoms with Gasteiger partial charge in [-0.3, -0.25) is 10.1 Å². The Morgan fingerprint density at radius 1 is 1.21 bits per heavy atom. The van der Waals surface area contributed by atoms with E-state index in [-0.39, 0.29) is 5.69 Å². The third-order valence-electron chi connectivity index (χ3n) is 4.39. The summed E-state index contributed by atoms with van der Waals surface area (Å²) < 4.78 is 39.0. The Kier molecular flexibility index (Phi) is 5.29. The molecule has 0 radical (unpaired) electrons. The van der Waals surface area contributed by atoms with Crippen LogP contribution in [0.15, 0.2) is 30.5 Å². The molecule has 0 saturated carbocycles. The fourth-order valence-electron chi connectivity index (χ4n) is 3.06. The van der Waals surface area contributed by atoms with Crippen molar-refractivity contribution in [2.75, 3.05) is 36.0 Å². The molecule has 146 valence electrons. The van der Waals surface area contributed by atoms with Crippen molar-refractivity contribution in [3.05, 3.63) is 56.7 Å². The van der Waals surface area contributed by atoms with E-state index in [1.807, 2.05) is 4.90 Å². The molecule has 11 heteroatoms. The van der Waals surface area contributed by atoms with Crippen LogP contribution in [-0.4, -0.2) is 36.1 Å². The number of nitro benzene ring substituents is 1. The second-order valence-electron chi connectivity index (χ2n) is 6.04. The Labute approximate surface area is 162 Å². The Balaban J connectivity index is 1.87. The van der Waals surface area contributed by atoms with E-state index in [1.165, 1.54) is 0 Å². The molecule has 0 N–H and O–H groups in total. The molecule has 2 aromatic rings. The van der Waals surface area contributed by atoms with E-state index in [0.29, 0.717) is 43.6 Å². The average Bonchev–Trinajstić information content (AvgIpc) is 2.66. The molecule has 1 aromatic heterocycles. The van der Waals surface area contributed by atoms with E-state index in [2.05, 4.69) is 11.1 Å². The number of nitriles is 1. The summed E-state index contributed by atoms with van der Waals surface area (Å²) in [5.41, 5.74) is -1.46. The van der Waals surface area contributed by atoms with Crippen LogP contribution in [0.4, 0.5) is 30.4 Å². The second-order valence-corrected chi connectivity index (χ2v) is 6.44. The first-order valence-electron chi connectivity index (χ1n) is 8.12. The van der Waals surface area contributed by atoms with Crippen LogP contribution < -0.4 is 9.80 Å². The number of hydrogen-bond donors (Lipinski definition) is 0. The first-order chi connectivity index (χ1) is 13.2. The molecule has 1 aromatic carbocycles. The Morgan fingerprint density at radius 3 is 2.43 bits per heavy atom. The number of hydrogen-bond acceptors (Lipinski definition) is 6. The number of nitrogens with zero attached hydrogens (tertiary/aromatic N) is 5. The van der Waals surface area contributed by atoms with Crippen molar-refractivity contribution in [3.63, 3.8) is 0 Å². The number of halogens is 4. The number of alkyl halides is 3. The van der Waals surface area contributed by atoms with Crippen molar-refractivity contribution in [1.29, 1.82) is 5.26 Å². The van der Waals surface area contributed by atoms with Crippen LogP contribution in [0.2, 0.25) is 5.02 Å². The Bertz CT molecular complexity index is 953. The molecule has 0 bridgehead atoms. The number of nitro groups is 1. The summed E-state index contributed by atoms with van der Waals surface area (Å²) in [6, 6.07) is 6.79. The van der Waals surface area contributed by atoms with E-state index in [9.17, 15) is 28.5 Å². The highest BCUT2D eigenvalue weighted by molar-refractivity contribution is 6.31. The van der Waals surface area contributed by atoms with E-state index >= 15 is 0 Å². The van der Waals surface area contributed by atoms with Gasteiger partial charge in [0.05, 0.1) is 21.1 Å². The van der Waals surface area contributed by atoms with Crippen molar-refractivity contribution in [3.8, 4) is 6.07 Å². The first-order valence-corrected chi connectivity index (χ1v) is 8.50. The van der Waals surface area contributed by atoms with Crippen LogP contribution in [-0.2, 0) is 6.18 Å². The van der Waals surface area contributed by atoms with Crippen LogP contribution in [0.1, 0.15) is 11.1 Å². The van der Waals surface area contributed by atoms with Crippen LogP contribution in [0, 0.1) is 21.4 Å². The summed E-state index contributed by atoms with van der Waals surface area (Å²) in [5.74, 6) is 0.504. The van der Waals surface area contributed by atoms with Gasteiger partial charge in [-0.15, -0.1) is 0 Å². The molecule has 28 heavy (non-hydrogen) atoms. The van der Waals surface area contributed by atoms with Crippen molar-refractivity contribution in [2.45, 2.75) is 6.18 Å². The quantitative estimate of drug-likeness (QED) is 0.563. The number of benzene rings is 1. The molecule has 0 unspecified atom stereocenters. The molecule has 1 saturated heterocycles. The minimum Gasteiger partial charge on any atom is -0.362 e. The van der Waals surface area contributed by atoms with Crippen LogP contribution in [0.25, 0.3) is 0 Å². The standard InChI is InChI=1S/C17H13ClF3N5O2/c18-13-9-14(15(26(27)28)8-12(13)17(19,20)21)24-4-6-25(7-5-24)16-11(10-22)2-1-3-23-16/h1-3,8-9H,4-7H2. The van der Waals surface area contributed by atoms with Gasteiger partial charge >= 0.3 is 6.18 Å². The van der Waals surface area contributed by atoms with Gasteiger partial charge in [0.2, 0.25) is 0 Å². The number of pyridine rings is 1. The second kappa shape index (κ2) is 7.52. The van der Waals surface area contributed by atoms with Gasteiger partial charge in [0, 0.05) is 38.4 Å². The highest BCUT2D eigenvalue weighted by Crippen LogP contribution is 2.41. The minimum atomic E-state index is -4.79. The van der Waals surface area contributed by atoms with E-state index < -0.39 is 27.4 Å². The van der Waals surface area contributed by atoms with Gasteiger partial charge in [-0.2, -0.15) is 18.4 Å². The van der Waals surface area contributed by atoms with Gasteiger partial charge in [-0.05, 0) is 18.2 Å². The molecule has 2 heterocycles. The lowest BCUT2D eigenvalue weighted by Crippen LogP contribution is -2.47. The summed E-state index contributed by atoms with van der Waals surface area (Å²) in [7, 11) is 0. The van der Waals surface area contributed by atoms with Crippen molar-refractivity contribution < 1.29 is 18.1 Å². The van der Waals surface area contributed by atoms with Crippen molar-refractivity contribution >= 4 is 28.8 Å². The predicted octanol–water partition coefficient (Wildman–Crippen LogP) is 3.86. The summed E-state index contributed by atoms with van der Waals surface area (Å²) >= 11 is 5.75. The SMILES string of the molecule is N#Cc1cccnc1N1CCN(c2cc(Cl)c(C(F)(F)F)cc2[N+](=O)[O-])CC1. The molecule has 1 aliphatic heterocycles. The van der Waals surface area contributed by atoms with E-state index in [4.69, 9.17) is 11.6 Å². The molecular weight excluding hydrogens is 399 g/mol. The zero-order valence-electron chi connectivity index (χ0n) is 14.3. The smallest absolute Gasteiger partial charge is 0.362 e. The molecule has 0 atom stereocenters. The van der Waals surface area contributed by atoms with Gasteiger partial charge in [-0.1, -0.05) is 11.6 Å². The summed E-state index contributed by atoms with van der Waals surface area (Å²) in [4.78, 5) is 18.1. The fourth-order valence-corrected chi connectivity index (χ4v) is 3.33. The fraction of sp³-hybridized carbons (Fsp3) is 0.294. The number of rotatable bonds is 3. The van der Waals surface area contributed by atoms with E-state index in [0.717, 1.165) is 6.07 Å². The third kappa shape index (κ3) is 3.80. The Hall–Kier alpha value is -3.06. The molecule has 3 rings (SSSR count). The minimum absolute atomic E-state index is 0.0316. The van der Waals surface area contributed by atoms with Gasteiger partial charge in [0.1, 0.15) is 17.6 Å². The van der Waals surface area contributed by atoms with Crippen LogP contribution >= 0.6 is 11.6 Å². The zero-order valence-corrected chi connectivity index (χ0v) is 15.0. The monoisotopic (exact) mass is 411 g/mol. The lowest BCUT2D eigenvalue weighted by Gasteiger charge is -2.36. The van der Waals surface area contributed by atoms with Crippen molar-refractivity contribution in [2.24, 2.45) is 0 Å². The number of anilines is 2. The average molecular weight is 412 g/mol. The summed E-state index contributed by atoms with van der Waals surface area (Å²) in [5, 5.41) is 19.9. The normalized spacial score (nSPS) is 14.7. The number of aromatic nitrogens is 1. The van der Waals surface area contributed by atoms with Gasteiger partial charge < -0.3 is 9.80 Å². The topological polar surface area (TPSA) is 86.3 Å². The van der Waals surface area contributed by atoms with Crippen LogP contribution in [0.5, 0.6) is 0 Å². The molecular formula is C17H13ClF3N5O2. The summed E-state index contributed by atoms with van der Waals surface area (Å²) in [6.07, 6.45) is -3.23. The molecule has 0 aliphatic carbocycles. The summed E-state index contributed by atoms with van der Waals surface area (Å²) in [6.45, 7) is 1.37. The molecule has 7 nitrogen and oxygen atoms in total. The van der Waals surface area contributed by atoms with Gasteiger partial charge in [-0.25, -0.2) is 4.98 Å². The third-order valence-corrected chi connectivity index (χ3v) is 4.71. The maximum absolute atomic E-state index is 13.0.